The van der Waals surface area contributed by atoms with Gasteiger partial charge in [-0.1, -0.05) is 6.92 Å². The predicted octanol–water partition coefficient (Wildman–Crippen LogP) is 0.513. The first-order chi connectivity index (χ1) is 5.75. The highest BCUT2D eigenvalue weighted by Crippen LogP contribution is 2.32. The molecule has 0 aromatic rings. The Balaban J connectivity index is 2.59. The molecule has 0 aromatic heterocycles. The van der Waals surface area contributed by atoms with Crippen molar-refractivity contribution < 1.29 is 9.84 Å². The number of hydrogen-bond donors (Lipinski definition) is 2. The first kappa shape index (κ1) is 9.96. The molecule has 1 fully saturated rings. The minimum absolute atomic E-state index is 0.160. The zero-order valence-corrected chi connectivity index (χ0v) is 7.75. The minimum atomic E-state index is -0.303. The summed E-state index contributed by atoms with van der Waals surface area (Å²) in [5, 5.41) is 9.77. The molecular weight excluding hydrogens is 154 g/mol. The number of hydrogen-bond acceptors (Lipinski definition) is 3. The van der Waals surface area contributed by atoms with E-state index in [-0.39, 0.29) is 11.5 Å². The second-order valence-corrected chi connectivity index (χ2v) is 3.65. The lowest BCUT2D eigenvalue weighted by atomic mass is 9.76. The van der Waals surface area contributed by atoms with Crippen molar-refractivity contribution in [2.45, 2.75) is 32.3 Å². The topological polar surface area (TPSA) is 55.5 Å². The summed E-state index contributed by atoms with van der Waals surface area (Å²) in [6.45, 7) is 3.95. The van der Waals surface area contributed by atoms with Crippen LogP contribution in [0.15, 0.2) is 0 Å². The van der Waals surface area contributed by atoms with Crippen LogP contribution in [-0.2, 0) is 4.74 Å². The molecule has 12 heavy (non-hydrogen) atoms. The van der Waals surface area contributed by atoms with Crippen molar-refractivity contribution >= 4 is 0 Å². The van der Waals surface area contributed by atoms with E-state index in [1.807, 2.05) is 6.92 Å². The molecule has 1 heterocycles. The number of ether oxygens (including phenoxy) is 1. The average Bonchev–Trinajstić information content (AvgIpc) is 2.17. The summed E-state index contributed by atoms with van der Waals surface area (Å²) in [6.07, 6.45) is 2.48. The fourth-order valence-corrected chi connectivity index (χ4v) is 1.87. The third-order valence-corrected chi connectivity index (χ3v) is 2.85. The molecule has 3 heteroatoms. The highest BCUT2D eigenvalue weighted by molar-refractivity contribution is 4.88. The molecule has 0 aliphatic carbocycles. The Hall–Kier alpha value is -0.120. The van der Waals surface area contributed by atoms with Crippen molar-refractivity contribution in [3.8, 4) is 0 Å². The van der Waals surface area contributed by atoms with Crippen molar-refractivity contribution in [2.75, 3.05) is 19.8 Å². The monoisotopic (exact) mass is 173 g/mol. The van der Waals surface area contributed by atoms with Gasteiger partial charge in [-0.3, -0.25) is 0 Å². The molecule has 3 N–H and O–H groups in total. The van der Waals surface area contributed by atoms with Gasteiger partial charge in [0.15, 0.2) is 0 Å². The summed E-state index contributed by atoms with van der Waals surface area (Å²) in [4.78, 5) is 0. The highest BCUT2D eigenvalue weighted by Gasteiger charge is 2.37. The average molecular weight is 173 g/mol. The third kappa shape index (κ3) is 1.79. The molecule has 3 nitrogen and oxygen atoms in total. The summed E-state index contributed by atoms with van der Waals surface area (Å²) in [5.41, 5.74) is 5.52. The van der Waals surface area contributed by atoms with Gasteiger partial charge in [-0.15, -0.1) is 0 Å². The fourth-order valence-electron chi connectivity index (χ4n) is 1.87. The van der Waals surface area contributed by atoms with Crippen LogP contribution in [0.3, 0.4) is 0 Å². The molecular formula is C9H19NO2. The third-order valence-electron chi connectivity index (χ3n) is 2.85. The van der Waals surface area contributed by atoms with Gasteiger partial charge in [-0.05, 0) is 19.3 Å². The Labute approximate surface area is 73.9 Å². The molecule has 1 rings (SSSR count). The van der Waals surface area contributed by atoms with Crippen molar-refractivity contribution in [1.29, 1.82) is 0 Å². The Morgan fingerprint density at radius 2 is 2.42 bits per heavy atom. The van der Waals surface area contributed by atoms with Crippen LogP contribution in [0.4, 0.5) is 0 Å². The van der Waals surface area contributed by atoms with Gasteiger partial charge in [0.05, 0.1) is 12.7 Å². The van der Waals surface area contributed by atoms with E-state index in [0.29, 0.717) is 13.2 Å². The Kier molecular flexibility index (Phi) is 3.50. The predicted molar refractivity (Wildman–Crippen MR) is 47.8 cm³/mol. The standard InChI is InChI=1S/C9H19NO2/c1-2-8(11)9(6-10)4-3-5-12-7-9/h8,11H,2-7,10H2,1H3. The van der Waals surface area contributed by atoms with Crippen molar-refractivity contribution in [3.05, 3.63) is 0 Å². The maximum absolute atomic E-state index is 9.77. The van der Waals surface area contributed by atoms with E-state index in [1.54, 1.807) is 0 Å². The van der Waals surface area contributed by atoms with Crippen molar-refractivity contribution in [3.63, 3.8) is 0 Å². The lowest BCUT2D eigenvalue weighted by molar-refractivity contribution is -0.0771. The number of aliphatic hydroxyl groups excluding tert-OH is 1. The summed E-state index contributed by atoms with van der Waals surface area (Å²) in [7, 11) is 0. The molecule has 2 atom stereocenters. The first-order valence-electron chi connectivity index (χ1n) is 4.71. The second kappa shape index (κ2) is 4.21. The summed E-state index contributed by atoms with van der Waals surface area (Å²) in [5.74, 6) is 0. The lowest BCUT2D eigenvalue weighted by Crippen LogP contribution is -2.47. The second-order valence-electron chi connectivity index (χ2n) is 3.65. The SMILES string of the molecule is CCC(O)C1(CN)CCCOC1. The van der Waals surface area contributed by atoms with Crippen LogP contribution in [0, 0.1) is 5.41 Å². The highest BCUT2D eigenvalue weighted by atomic mass is 16.5. The smallest absolute Gasteiger partial charge is 0.0628 e. The van der Waals surface area contributed by atoms with Gasteiger partial charge in [0, 0.05) is 18.6 Å². The maximum Gasteiger partial charge on any atom is 0.0628 e. The summed E-state index contributed by atoms with van der Waals surface area (Å²) < 4.78 is 5.36. The van der Waals surface area contributed by atoms with E-state index in [4.69, 9.17) is 10.5 Å². The lowest BCUT2D eigenvalue weighted by Gasteiger charge is -2.39. The first-order valence-corrected chi connectivity index (χ1v) is 4.71. The number of aliphatic hydroxyl groups is 1. The van der Waals surface area contributed by atoms with E-state index in [1.165, 1.54) is 0 Å². The molecule has 1 aliphatic heterocycles. The molecule has 2 unspecified atom stereocenters. The summed E-state index contributed by atoms with van der Waals surface area (Å²) in [6, 6.07) is 0. The van der Waals surface area contributed by atoms with Gasteiger partial charge in [-0.2, -0.15) is 0 Å². The van der Waals surface area contributed by atoms with E-state index in [9.17, 15) is 5.11 Å². The largest absolute Gasteiger partial charge is 0.392 e. The van der Waals surface area contributed by atoms with Crippen LogP contribution in [0.25, 0.3) is 0 Å². The van der Waals surface area contributed by atoms with Crippen LogP contribution in [0.2, 0.25) is 0 Å². The molecule has 72 valence electrons. The van der Waals surface area contributed by atoms with E-state index in [2.05, 4.69) is 0 Å². The minimum Gasteiger partial charge on any atom is -0.392 e. The summed E-state index contributed by atoms with van der Waals surface area (Å²) >= 11 is 0. The quantitative estimate of drug-likeness (QED) is 0.654. The maximum atomic E-state index is 9.77. The molecule has 0 saturated carbocycles. The molecule has 0 aromatic carbocycles. The Morgan fingerprint density at radius 3 is 2.83 bits per heavy atom. The van der Waals surface area contributed by atoms with Gasteiger partial charge < -0.3 is 15.6 Å². The van der Waals surface area contributed by atoms with Gasteiger partial charge in [0.25, 0.3) is 0 Å². The Morgan fingerprint density at radius 1 is 1.67 bits per heavy atom. The fraction of sp³-hybridized carbons (Fsp3) is 1.00. The number of rotatable bonds is 3. The molecule has 0 spiro atoms. The molecule has 1 saturated heterocycles. The van der Waals surface area contributed by atoms with Gasteiger partial charge in [0.2, 0.25) is 0 Å². The molecule has 1 aliphatic rings. The zero-order valence-electron chi connectivity index (χ0n) is 7.75. The van der Waals surface area contributed by atoms with Gasteiger partial charge >= 0.3 is 0 Å². The van der Waals surface area contributed by atoms with E-state index < -0.39 is 0 Å². The normalized spacial score (nSPS) is 33.2. The van der Waals surface area contributed by atoms with Crippen molar-refractivity contribution in [2.24, 2.45) is 11.1 Å². The van der Waals surface area contributed by atoms with Crippen molar-refractivity contribution in [1.82, 2.24) is 0 Å². The Bertz CT molecular complexity index is 132. The van der Waals surface area contributed by atoms with E-state index in [0.717, 1.165) is 25.9 Å². The van der Waals surface area contributed by atoms with Crippen LogP contribution in [0.1, 0.15) is 26.2 Å². The van der Waals surface area contributed by atoms with Gasteiger partial charge in [-0.25, -0.2) is 0 Å². The van der Waals surface area contributed by atoms with Crippen LogP contribution in [0.5, 0.6) is 0 Å². The molecule has 0 bridgehead atoms. The van der Waals surface area contributed by atoms with Crippen LogP contribution < -0.4 is 5.73 Å². The van der Waals surface area contributed by atoms with Crippen LogP contribution in [-0.4, -0.2) is 31.0 Å². The molecule has 0 radical (unpaired) electrons. The zero-order chi connectivity index (χ0) is 9.03. The van der Waals surface area contributed by atoms with Gasteiger partial charge in [0.1, 0.15) is 0 Å². The van der Waals surface area contributed by atoms with E-state index >= 15 is 0 Å². The number of nitrogens with two attached hydrogens (primary N) is 1. The molecule has 0 amide bonds. The van der Waals surface area contributed by atoms with Crippen LogP contribution >= 0.6 is 0 Å².